The number of nitrogens with zero attached hydrogens (tertiary/aromatic N) is 1. The van der Waals surface area contributed by atoms with E-state index in [4.69, 9.17) is 9.47 Å². The maximum Gasteiger partial charge on any atom is 0.338 e. The van der Waals surface area contributed by atoms with Gasteiger partial charge in [-0.3, -0.25) is 0 Å². The molecule has 0 saturated heterocycles. The number of esters is 2. The standard InChI is InChI=1S/C42H37NO4/c1-6-29-16-26-38(37-25-15-32-10-8-9-28(5)40(32)41(29)37)43(34-19-23-35(24-20-34)46-39(44)7-2)33-17-11-30(12-18-33)31-13-21-36(22-14-31)47-42(45)27(3)4/h7-9,11-26,28H,2-3,6,10H2,1,4-5H3. The lowest BCUT2D eigenvalue weighted by Crippen LogP contribution is -2.12. The number of rotatable bonds is 9. The maximum atomic E-state index is 11.9. The molecule has 1 unspecified atom stereocenters. The minimum atomic E-state index is -0.499. The number of hydrogen-bond acceptors (Lipinski definition) is 5. The van der Waals surface area contributed by atoms with Crippen LogP contribution in [0.25, 0.3) is 21.9 Å². The van der Waals surface area contributed by atoms with Crippen LogP contribution >= 0.6 is 0 Å². The molecule has 5 heteroatoms. The van der Waals surface area contributed by atoms with Gasteiger partial charge in [0.05, 0.1) is 5.69 Å². The van der Waals surface area contributed by atoms with Crippen LogP contribution < -0.4 is 14.4 Å². The largest absolute Gasteiger partial charge is 0.423 e. The molecule has 1 aliphatic carbocycles. The fraction of sp³-hybridized carbons (Fsp3) is 0.143. The Morgan fingerprint density at radius 2 is 1.43 bits per heavy atom. The van der Waals surface area contributed by atoms with Crippen molar-refractivity contribution in [3.63, 3.8) is 0 Å². The Morgan fingerprint density at radius 1 is 0.830 bits per heavy atom. The van der Waals surface area contributed by atoms with Crippen molar-refractivity contribution in [1.82, 2.24) is 0 Å². The van der Waals surface area contributed by atoms with E-state index < -0.39 is 11.9 Å². The molecule has 6 rings (SSSR count). The monoisotopic (exact) mass is 619 g/mol. The molecule has 47 heavy (non-hydrogen) atoms. The summed E-state index contributed by atoms with van der Waals surface area (Å²) < 4.78 is 10.7. The van der Waals surface area contributed by atoms with Gasteiger partial charge in [-0.25, -0.2) is 9.59 Å². The first-order valence-electron chi connectivity index (χ1n) is 15.8. The molecule has 0 amide bonds. The van der Waals surface area contributed by atoms with Gasteiger partial charge in [-0.05, 0) is 113 Å². The highest BCUT2D eigenvalue weighted by atomic mass is 16.5. The van der Waals surface area contributed by atoms with Crippen LogP contribution in [0.15, 0.2) is 134 Å². The molecule has 0 radical (unpaired) electrons. The average Bonchev–Trinajstić information content (AvgIpc) is 3.09. The lowest BCUT2D eigenvalue weighted by Gasteiger charge is -2.29. The molecular formula is C42H37NO4. The Balaban J connectivity index is 1.44. The smallest absolute Gasteiger partial charge is 0.338 e. The molecule has 0 N–H and O–H groups in total. The molecule has 0 aromatic heterocycles. The van der Waals surface area contributed by atoms with Crippen molar-refractivity contribution in [2.24, 2.45) is 0 Å². The minimum absolute atomic E-state index is 0.324. The molecule has 0 fully saturated rings. The molecule has 1 aliphatic rings. The normalized spacial score (nSPS) is 13.5. The topological polar surface area (TPSA) is 55.8 Å². The fourth-order valence-electron chi connectivity index (χ4n) is 6.22. The van der Waals surface area contributed by atoms with Crippen LogP contribution in [0.4, 0.5) is 17.1 Å². The summed E-state index contributed by atoms with van der Waals surface area (Å²) in [6.07, 6.45) is 7.61. The summed E-state index contributed by atoms with van der Waals surface area (Å²) in [5.74, 6) is 0.306. The summed E-state index contributed by atoms with van der Waals surface area (Å²) in [4.78, 5) is 26.0. The molecular weight excluding hydrogens is 582 g/mol. The molecule has 5 nitrogen and oxygen atoms in total. The zero-order valence-corrected chi connectivity index (χ0v) is 27.0. The van der Waals surface area contributed by atoms with Crippen molar-refractivity contribution >= 4 is 39.8 Å². The van der Waals surface area contributed by atoms with E-state index in [0.717, 1.165) is 47.1 Å². The van der Waals surface area contributed by atoms with Crippen molar-refractivity contribution in [3.05, 3.63) is 151 Å². The van der Waals surface area contributed by atoms with E-state index >= 15 is 0 Å². The number of hydrogen-bond donors (Lipinski definition) is 0. The SMILES string of the molecule is C=CC(=O)Oc1ccc(N(c2ccc(-c3ccc(OC(=O)C(=C)C)cc3)cc2)c2ccc(CC)c3c4c(ccc23)CC=CC4C)cc1. The van der Waals surface area contributed by atoms with Gasteiger partial charge < -0.3 is 14.4 Å². The highest BCUT2D eigenvalue weighted by Crippen LogP contribution is 2.44. The van der Waals surface area contributed by atoms with Crippen LogP contribution in [0, 0.1) is 0 Å². The first kappa shape index (κ1) is 31.3. The van der Waals surface area contributed by atoms with Crippen molar-refractivity contribution in [2.75, 3.05) is 4.90 Å². The van der Waals surface area contributed by atoms with E-state index in [-0.39, 0.29) is 0 Å². The van der Waals surface area contributed by atoms with Gasteiger partial charge in [0.15, 0.2) is 0 Å². The van der Waals surface area contributed by atoms with Gasteiger partial charge in [-0.15, -0.1) is 0 Å². The third-order valence-electron chi connectivity index (χ3n) is 8.57. The van der Waals surface area contributed by atoms with Crippen LogP contribution in [-0.4, -0.2) is 11.9 Å². The fourth-order valence-corrected chi connectivity index (χ4v) is 6.22. The zero-order chi connectivity index (χ0) is 33.1. The average molecular weight is 620 g/mol. The summed E-state index contributed by atoms with van der Waals surface area (Å²) >= 11 is 0. The number of anilines is 3. The third-order valence-corrected chi connectivity index (χ3v) is 8.57. The second-order valence-corrected chi connectivity index (χ2v) is 11.8. The Kier molecular flexibility index (Phi) is 8.90. The Hall–Kier alpha value is -5.68. The number of aryl methyl sites for hydroxylation is 1. The predicted octanol–water partition coefficient (Wildman–Crippen LogP) is 10.3. The van der Waals surface area contributed by atoms with Crippen LogP contribution in [0.5, 0.6) is 11.5 Å². The summed E-state index contributed by atoms with van der Waals surface area (Å²) in [6, 6.07) is 32.4. The lowest BCUT2D eigenvalue weighted by molar-refractivity contribution is -0.130. The highest BCUT2D eigenvalue weighted by molar-refractivity contribution is 6.03. The molecule has 0 aliphatic heterocycles. The lowest BCUT2D eigenvalue weighted by atomic mass is 9.82. The predicted molar refractivity (Wildman–Crippen MR) is 191 cm³/mol. The Labute approximate surface area is 276 Å². The van der Waals surface area contributed by atoms with Gasteiger partial charge in [0.25, 0.3) is 0 Å². The third kappa shape index (κ3) is 6.38. The number of carbonyl (C=O) groups is 2. The summed E-state index contributed by atoms with van der Waals surface area (Å²) in [5, 5.41) is 2.52. The van der Waals surface area contributed by atoms with E-state index in [1.165, 1.54) is 27.5 Å². The van der Waals surface area contributed by atoms with E-state index in [1.807, 2.05) is 24.3 Å². The quantitative estimate of drug-likeness (QED) is 0.0711. The summed E-state index contributed by atoms with van der Waals surface area (Å²) in [5.41, 5.74) is 9.47. The molecule has 5 aromatic rings. The van der Waals surface area contributed by atoms with Crippen LogP contribution in [-0.2, 0) is 22.4 Å². The van der Waals surface area contributed by atoms with Crippen molar-refractivity contribution in [1.29, 1.82) is 0 Å². The minimum Gasteiger partial charge on any atom is -0.423 e. The molecule has 0 saturated carbocycles. The van der Waals surface area contributed by atoms with Crippen LogP contribution in [0.3, 0.4) is 0 Å². The first-order valence-corrected chi connectivity index (χ1v) is 15.8. The molecule has 1 atom stereocenters. The van der Waals surface area contributed by atoms with E-state index in [0.29, 0.717) is 23.0 Å². The molecule has 0 spiro atoms. The van der Waals surface area contributed by atoms with Gasteiger partial charge in [-0.1, -0.05) is 81.6 Å². The number of benzene rings is 5. The van der Waals surface area contributed by atoms with E-state index in [1.54, 1.807) is 31.2 Å². The molecule has 0 heterocycles. The van der Waals surface area contributed by atoms with Gasteiger partial charge in [-0.2, -0.15) is 0 Å². The second-order valence-electron chi connectivity index (χ2n) is 11.8. The molecule has 0 bridgehead atoms. The van der Waals surface area contributed by atoms with Gasteiger partial charge in [0.2, 0.25) is 0 Å². The van der Waals surface area contributed by atoms with E-state index in [2.05, 4.69) is 92.6 Å². The number of ether oxygens (including phenoxy) is 2. The van der Waals surface area contributed by atoms with Gasteiger partial charge in [0, 0.05) is 28.4 Å². The summed E-state index contributed by atoms with van der Waals surface area (Å²) in [6.45, 7) is 13.3. The van der Waals surface area contributed by atoms with Crippen molar-refractivity contribution in [2.45, 2.75) is 39.5 Å². The molecule has 234 valence electrons. The Bertz CT molecular complexity index is 2020. The zero-order valence-electron chi connectivity index (χ0n) is 27.0. The number of allylic oxidation sites excluding steroid dienone is 2. The van der Waals surface area contributed by atoms with Crippen LogP contribution in [0.1, 0.15) is 43.4 Å². The first-order chi connectivity index (χ1) is 22.8. The van der Waals surface area contributed by atoms with Crippen molar-refractivity contribution in [3.8, 4) is 22.6 Å². The number of fused-ring (bicyclic) bond motifs is 3. The Morgan fingerprint density at radius 3 is 2.04 bits per heavy atom. The highest BCUT2D eigenvalue weighted by Gasteiger charge is 2.22. The van der Waals surface area contributed by atoms with Gasteiger partial charge >= 0.3 is 11.9 Å². The number of carbonyl (C=O) groups excluding carboxylic acids is 2. The molecule has 5 aromatic carbocycles. The van der Waals surface area contributed by atoms with Gasteiger partial charge in [0.1, 0.15) is 11.5 Å². The second kappa shape index (κ2) is 13.4. The van der Waals surface area contributed by atoms with Crippen LogP contribution in [0.2, 0.25) is 0 Å². The maximum absolute atomic E-state index is 11.9. The van der Waals surface area contributed by atoms with Crippen molar-refractivity contribution < 1.29 is 19.1 Å². The summed E-state index contributed by atoms with van der Waals surface area (Å²) in [7, 11) is 0. The van der Waals surface area contributed by atoms with E-state index in [9.17, 15) is 9.59 Å².